The van der Waals surface area contributed by atoms with Gasteiger partial charge in [0.25, 0.3) is 5.91 Å². The van der Waals surface area contributed by atoms with E-state index < -0.39 is 38.6 Å². The monoisotopic (exact) mass is 620 g/mol. The molecule has 9 nitrogen and oxygen atoms in total. The van der Waals surface area contributed by atoms with E-state index in [1.807, 2.05) is 6.07 Å². The van der Waals surface area contributed by atoms with Crippen LogP contribution in [0.25, 0.3) is 0 Å². The number of hydrogen-bond donors (Lipinski definition) is 3. The van der Waals surface area contributed by atoms with Gasteiger partial charge in [0.05, 0.1) is 29.3 Å². The number of carbonyl (C=O) groups excluding carboxylic acids is 1. The molecule has 1 fully saturated rings. The fourth-order valence-electron chi connectivity index (χ4n) is 4.64. The Morgan fingerprint density at radius 1 is 1.09 bits per heavy atom. The Balaban J connectivity index is 1.60. The summed E-state index contributed by atoms with van der Waals surface area (Å²) in [6.45, 7) is 6.52. The van der Waals surface area contributed by atoms with E-state index in [-0.39, 0.29) is 17.0 Å². The van der Waals surface area contributed by atoms with Gasteiger partial charge >= 0.3 is 6.18 Å². The summed E-state index contributed by atoms with van der Waals surface area (Å²) < 4.78 is 79.7. The maximum absolute atomic E-state index is 13.7. The minimum Gasteiger partial charge on any atom is -0.492 e. The topological polar surface area (TPSA) is 119 Å². The summed E-state index contributed by atoms with van der Waals surface area (Å²) in [5.41, 5.74) is -0.244. The number of halogens is 3. The van der Waals surface area contributed by atoms with E-state index in [1.54, 1.807) is 25.3 Å². The number of aryl methyl sites for hydroxylation is 1. The lowest BCUT2D eigenvalue weighted by atomic mass is 9.93. The number of rotatable bonds is 10. The predicted octanol–water partition coefficient (Wildman–Crippen LogP) is 6.15. The molecule has 0 saturated carbocycles. The zero-order valence-corrected chi connectivity index (χ0v) is 25.2. The van der Waals surface area contributed by atoms with Crippen LogP contribution in [0.1, 0.15) is 53.9 Å². The van der Waals surface area contributed by atoms with Crippen molar-refractivity contribution >= 4 is 27.3 Å². The third-order valence-corrected chi connectivity index (χ3v) is 8.91. The molecule has 1 aliphatic heterocycles. The molecule has 0 unspecified atom stereocenters. The Hall–Kier alpha value is -3.84. The molecule has 1 aromatic heterocycles. The number of piperidine rings is 1. The molecule has 1 saturated heterocycles. The van der Waals surface area contributed by atoms with E-state index in [9.17, 15) is 26.4 Å². The van der Waals surface area contributed by atoms with Crippen molar-refractivity contribution in [3.63, 3.8) is 0 Å². The standard InChI is InChI=1S/C30H35F3N4O5S/c1-18(2)43(39,40)37-26-16-22(30(31,32)33)15-25(28(26)41-4)36-29(38)21-6-5-19(3)27(14-21)42-24-9-12-35-23(17-24)13-20-7-10-34-11-8-20/h5-6,9,12,14-18,20,34,37H,7-8,10-11,13H2,1-4H3,(H,36,38). The van der Waals surface area contributed by atoms with Crippen molar-refractivity contribution in [2.75, 3.05) is 30.2 Å². The molecule has 4 rings (SSSR count). The lowest BCUT2D eigenvalue weighted by Gasteiger charge is -2.22. The Morgan fingerprint density at radius 2 is 1.79 bits per heavy atom. The van der Waals surface area contributed by atoms with Crippen LogP contribution in [-0.2, 0) is 22.6 Å². The van der Waals surface area contributed by atoms with Gasteiger partial charge in [0, 0.05) is 23.5 Å². The number of aromatic nitrogens is 1. The molecule has 0 atom stereocenters. The number of carbonyl (C=O) groups is 1. The van der Waals surface area contributed by atoms with Crippen LogP contribution in [0.5, 0.6) is 17.2 Å². The van der Waals surface area contributed by atoms with E-state index in [0.29, 0.717) is 29.5 Å². The van der Waals surface area contributed by atoms with Gasteiger partial charge in [-0.05, 0) is 94.9 Å². The van der Waals surface area contributed by atoms with Crippen molar-refractivity contribution in [1.29, 1.82) is 0 Å². The van der Waals surface area contributed by atoms with Crippen LogP contribution in [0.4, 0.5) is 24.5 Å². The zero-order chi connectivity index (χ0) is 31.4. The average molecular weight is 621 g/mol. The number of hydrogen-bond acceptors (Lipinski definition) is 7. The Kier molecular flexibility index (Phi) is 9.86. The molecule has 1 amide bonds. The highest BCUT2D eigenvalue weighted by molar-refractivity contribution is 7.93. The number of anilines is 2. The molecular weight excluding hydrogens is 585 g/mol. The highest BCUT2D eigenvalue weighted by Gasteiger charge is 2.34. The SMILES string of the molecule is COc1c(NC(=O)c2ccc(C)c(Oc3ccnc(CC4CCNCC4)c3)c2)cc(C(F)(F)F)cc1NS(=O)(=O)C(C)C. The molecule has 43 heavy (non-hydrogen) atoms. The number of ether oxygens (including phenoxy) is 2. The average Bonchev–Trinajstić information content (AvgIpc) is 2.94. The van der Waals surface area contributed by atoms with Gasteiger partial charge in [-0.25, -0.2) is 8.42 Å². The minimum absolute atomic E-state index is 0.105. The fourth-order valence-corrected chi connectivity index (χ4v) is 5.33. The summed E-state index contributed by atoms with van der Waals surface area (Å²) in [6.07, 6.45) is -0.182. The molecular formula is C30H35F3N4O5S. The van der Waals surface area contributed by atoms with Crippen LogP contribution in [0.2, 0.25) is 0 Å². The molecule has 2 aromatic carbocycles. The van der Waals surface area contributed by atoms with Crippen LogP contribution in [-0.4, -0.2) is 44.8 Å². The van der Waals surface area contributed by atoms with E-state index in [0.717, 1.165) is 50.7 Å². The molecule has 3 aromatic rings. The Bertz CT molecular complexity index is 1570. The third-order valence-electron chi connectivity index (χ3n) is 7.16. The summed E-state index contributed by atoms with van der Waals surface area (Å²) in [4.78, 5) is 17.8. The van der Waals surface area contributed by atoms with E-state index in [2.05, 4.69) is 20.3 Å². The number of nitrogens with zero attached hydrogens (tertiary/aromatic N) is 1. The molecule has 0 bridgehead atoms. The number of alkyl halides is 3. The van der Waals surface area contributed by atoms with Crippen LogP contribution in [0.15, 0.2) is 48.7 Å². The second-order valence-electron chi connectivity index (χ2n) is 10.7. The maximum atomic E-state index is 13.7. The van der Waals surface area contributed by atoms with Crippen molar-refractivity contribution < 1.29 is 35.9 Å². The molecule has 13 heteroatoms. The summed E-state index contributed by atoms with van der Waals surface area (Å²) in [5.74, 6) is 0.440. The molecule has 2 heterocycles. The van der Waals surface area contributed by atoms with Crippen LogP contribution in [0.3, 0.4) is 0 Å². The molecule has 3 N–H and O–H groups in total. The normalized spacial score (nSPS) is 14.4. The van der Waals surface area contributed by atoms with E-state index in [1.165, 1.54) is 26.0 Å². The van der Waals surface area contributed by atoms with Crippen molar-refractivity contribution in [2.45, 2.75) is 51.5 Å². The summed E-state index contributed by atoms with van der Waals surface area (Å²) in [5, 5.41) is 4.86. The van der Waals surface area contributed by atoms with Gasteiger partial charge in [-0.2, -0.15) is 13.2 Å². The van der Waals surface area contributed by atoms with Crippen molar-refractivity contribution in [2.24, 2.45) is 5.92 Å². The van der Waals surface area contributed by atoms with Crippen molar-refractivity contribution in [1.82, 2.24) is 10.3 Å². The van der Waals surface area contributed by atoms with Gasteiger partial charge in [-0.15, -0.1) is 0 Å². The highest BCUT2D eigenvalue weighted by atomic mass is 32.2. The lowest BCUT2D eigenvalue weighted by Crippen LogP contribution is -2.28. The molecule has 0 aliphatic carbocycles. The van der Waals surface area contributed by atoms with E-state index >= 15 is 0 Å². The largest absolute Gasteiger partial charge is 0.492 e. The number of pyridine rings is 1. The Morgan fingerprint density at radius 3 is 2.44 bits per heavy atom. The number of sulfonamides is 1. The van der Waals surface area contributed by atoms with Gasteiger partial charge in [0.15, 0.2) is 5.75 Å². The van der Waals surface area contributed by atoms with Gasteiger partial charge < -0.3 is 20.1 Å². The van der Waals surface area contributed by atoms with Gasteiger partial charge in [-0.1, -0.05) is 6.07 Å². The molecule has 0 radical (unpaired) electrons. The molecule has 1 aliphatic rings. The highest BCUT2D eigenvalue weighted by Crippen LogP contribution is 2.41. The molecule has 0 spiro atoms. The first-order valence-electron chi connectivity index (χ1n) is 13.8. The Labute approximate surface area is 249 Å². The number of nitrogens with one attached hydrogen (secondary N) is 3. The predicted molar refractivity (Wildman–Crippen MR) is 158 cm³/mol. The first-order valence-corrected chi connectivity index (χ1v) is 15.4. The number of methoxy groups -OCH3 is 1. The fraction of sp³-hybridized carbons (Fsp3) is 0.400. The van der Waals surface area contributed by atoms with Gasteiger partial charge in [0.2, 0.25) is 10.0 Å². The van der Waals surface area contributed by atoms with Crippen molar-refractivity contribution in [3.8, 4) is 17.2 Å². The first kappa shape index (κ1) is 32.1. The third kappa shape index (κ3) is 8.17. The summed E-state index contributed by atoms with van der Waals surface area (Å²) in [6, 6.07) is 9.55. The minimum atomic E-state index is -4.83. The van der Waals surface area contributed by atoms with Crippen LogP contribution < -0.4 is 24.8 Å². The molecule has 232 valence electrons. The zero-order valence-electron chi connectivity index (χ0n) is 24.3. The van der Waals surface area contributed by atoms with Gasteiger partial charge in [0.1, 0.15) is 11.5 Å². The number of amides is 1. The number of benzene rings is 2. The smallest absolute Gasteiger partial charge is 0.416 e. The summed E-state index contributed by atoms with van der Waals surface area (Å²) >= 11 is 0. The maximum Gasteiger partial charge on any atom is 0.416 e. The first-order chi connectivity index (χ1) is 20.3. The second-order valence-corrected chi connectivity index (χ2v) is 13.0. The quantitative estimate of drug-likeness (QED) is 0.249. The second kappa shape index (κ2) is 13.2. The van der Waals surface area contributed by atoms with Crippen molar-refractivity contribution in [3.05, 3.63) is 71.0 Å². The lowest BCUT2D eigenvalue weighted by molar-refractivity contribution is -0.137. The van der Waals surface area contributed by atoms with E-state index in [4.69, 9.17) is 9.47 Å². The summed E-state index contributed by atoms with van der Waals surface area (Å²) in [7, 11) is -2.87. The van der Waals surface area contributed by atoms with Crippen LogP contribution in [0, 0.1) is 12.8 Å². The van der Waals surface area contributed by atoms with Crippen LogP contribution >= 0.6 is 0 Å². The van der Waals surface area contributed by atoms with Gasteiger partial charge in [-0.3, -0.25) is 14.5 Å².